The van der Waals surface area contributed by atoms with E-state index in [-0.39, 0.29) is 17.3 Å². The smallest absolute Gasteiger partial charge is 0.261 e. The average molecular weight is 442 g/mol. The Morgan fingerprint density at radius 2 is 1.81 bits per heavy atom. The van der Waals surface area contributed by atoms with Crippen molar-refractivity contribution < 1.29 is 22.7 Å². The van der Waals surface area contributed by atoms with Gasteiger partial charge in [-0.3, -0.25) is 9.52 Å². The monoisotopic (exact) mass is 441 g/mol. The number of nitrogens with one attached hydrogen (secondary N) is 2. The highest BCUT2D eigenvalue weighted by atomic mass is 32.2. The van der Waals surface area contributed by atoms with E-state index in [1.165, 1.54) is 18.2 Å². The fourth-order valence-corrected chi connectivity index (χ4v) is 3.80. The van der Waals surface area contributed by atoms with Crippen LogP contribution in [0.15, 0.2) is 77.8 Å². The molecule has 0 aliphatic carbocycles. The van der Waals surface area contributed by atoms with E-state index in [0.717, 1.165) is 0 Å². The quantitative estimate of drug-likeness (QED) is 0.469. The molecule has 0 aliphatic rings. The van der Waals surface area contributed by atoms with Gasteiger partial charge in [-0.15, -0.1) is 0 Å². The summed E-state index contributed by atoms with van der Waals surface area (Å²) in [5.74, 6) is 0.0664. The first kappa shape index (κ1) is 22.3. The van der Waals surface area contributed by atoms with Gasteiger partial charge in [0, 0.05) is 36.7 Å². The molecule has 0 atom stereocenters. The minimum absolute atomic E-state index is 0.141. The van der Waals surface area contributed by atoms with Crippen LogP contribution in [0, 0.1) is 0 Å². The van der Waals surface area contributed by atoms with Crippen molar-refractivity contribution in [2.75, 3.05) is 25.0 Å². The van der Waals surface area contributed by atoms with E-state index in [1.54, 1.807) is 61.8 Å². The molecule has 31 heavy (non-hydrogen) atoms. The molecule has 1 amide bonds. The molecule has 3 rings (SSSR count). The van der Waals surface area contributed by atoms with Gasteiger partial charge in [-0.2, -0.15) is 0 Å². The lowest BCUT2D eigenvalue weighted by Gasteiger charge is -2.12. The lowest BCUT2D eigenvalue weighted by Crippen LogP contribution is -2.23. The Bertz CT molecular complexity index is 1120. The summed E-state index contributed by atoms with van der Waals surface area (Å²) in [6, 6.07) is 17.9. The minimum Gasteiger partial charge on any atom is -0.475 e. The molecule has 0 radical (unpaired) electrons. The van der Waals surface area contributed by atoms with E-state index in [2.05, 4.69) is 15.0 Å². The summed E-state index contributed by atoms with van der Waals surface area (Å²) in [5.41, 5.74) is 1.33. The summed E-state index contributed by atoms with van der Waals surface area (Å²) in [6.45, 7) is 0.973. The number of hydrogen-bond acceptors (Lipinski definition) is 6. The van der Waals surface area contributed by atoms with Crippen molar-refractivity contribution in [2.45, 2.75) is 11.4 Å². The average Bonchev–Trinajstić information content (AvgIpc) is 2.79. The van der Waals surface area contributed by atoms with Crippen LogP contribution in [-0.4, -0.2) is 39.6 Å². The maximum Gasteiger partial charge on any atom is 0.261 e. The first-order valence-electron chi connectivity index (χ1n) is 9.51. The van der Waals surface area contributed by atoms with Crippen LogP contribution in [0.4, 0.5) is 5.69 Å². The number of ether oxygens (including phenoxy) is 2. The second-order valence-corrected chi connectivity index (χ2v) is 8.17. The summed E-state index contributed by atoms with van der Waals surface area (Å²) in [4.78, 5) is 16.9. The van der Waals surface area contributed by atoms with Gasteiger partial charge in [0.1, 0.15) is 6.61 Å². The molecule has 0 unspecified atom stereocenters. The van der Waals surface area contributed by atoms with Crippen LogP contribution in [0.3, 0.4) is 0 Å². The normalized spacial score (nSPS) is 11.0. The van der Waals surface area contributed by atoms with E-state index in [4.69, 9.17) is 9.47 Å². The number of hydrogen-bond donors (Lipinski definition) is 2. The molecule has 2 N–H and O–H groups in total. The third kappa shape index (κ3) is 6.27. The van der Waals surface area contributed by atoms with Crippen LogP contribution in [-0.2, 0) is 21.3 Å². The van der Waals surface area contributed by atoms with Gasteiger partial charge in [-0.05, 0) is 36.4 Å². The van der Waals surface area contributed by atoms with E-state index < -0.39 is 10.0 Å². The molecule has 9 heteroatoms. The van der Waals surface area contributed by atoms with E-state index >= 15 is 0 Å². The van der Waals surface area contributed by atoms with Crippen molar-refractivity contribution in [3.8, 4) is 5.88 Å². The standard InChI is InChI=1S/C22H23N3O5S/c1-29-13-14-30-22-18(8-6-12-23-22)16-24-21(26)17-7-5-9-19(15-17)25-31(27,28)20-10-3-2-4-11-20/h2-12,15,25H,13-14,16H2,1H3,(H,24,26). The first-order valence-corrected chi connectivity index (χ1v) is 11.0. The summed E-state index contributed by atoms with van der Waals surface area (Å²) in [7, 11) is -2.16. The van der Waals surface area contributed by atoms with Crippen LogP contribution in [0.1, 0.15) is 15.9 Å². The van der Waals surface area contributed by atoms with Crippen molar-refractivity contribution >= 4 is 21.6 Å². The van der Waals surface area contributed by atoms with E-state index in [9.17, 15) is 13.2 Å². The molecule has 0 fully saturated rings. The zero-order valence-electron chi connectivity index (χ0n) is 16.9. The highest BCUT2D eigenvalue weighted by Crippen LogP contribution is 2.18. The summed E-state index contributed by atoms with van der Waals surface area (Å²) in [5, 5.41) is 2.80. The SMILES string of the molecule is COCCOc1ncccc1CNC(=O)c1cccc(NS(=O)(=O)c2ccccc2)c1. The van der Waals surface area contributed by atoms with Crippen LogP contribution >= 0.6 is 0 Å². The summed E-state index contributed by atoms with van der Waals surface area (Å²) < 4.78 is 38.0. The third-order valence-electron chi connectivity index (χ3n) is 4.25. The molecule has 3 aromatic rings. The first-order chi connectivity index (χ1) is 15.0. The largest absolute Gasteiger partial charge is 0.475 e. The number of methoxy groups -OCH3 is 1. The number of anilines is 1. The number of benzene rings is 2. The highest BCUT2D eigenvalue weighted by molar-refractivity contribution is 7.92. The summed E-state index contributed by atoms with van der Waals surface area (Å²) in [6.07, 6.45) is 1.61. The molecule has 0 bridgehead atoms. The number of carbonyl (C=O) groups is 1. The topological polar surface area (TPSA) is 107 Å². The molecule has 0 saturated heterocycles. The lowest BCUT2D eigenvalue weighted by atomic mass is 10.2. The van der Waals surface area contributed by atoms with Gasteiger partial charge < -0.3 is 14.8 Å². The van der Waals surface area contributed by atoms with Gasteiger partial charge >= 0.3 is 0 Å². The molecule has 0 aliphatic heterocycles. The second-order valence-electron chi connectivity index (χ2n) is 6.49. The van der Waals surface area contributed by atoms with Crippen molar-refractivity contribution in [2.24, 2.45) is 0 Å². The van der Waals surface area contributed by atoms with Crippen LogP contribution < -0.4 is 14.8 Å². The number of pyridine rings is 1. The predicted octanol–water partition coefficient (Wildman–Crippen LogP) is 2.84. The van der Waals surface area contributed by atoms with Crippen molar-refractivity contribution in [3.05, 3.63) is 84.1 Å². The Hall–Kier alpha value is -3.43. The zero-order valence-corrected chi connectivity index (χ0v) is 17.8. The fraction of sp³-hybridized carbons (Fsp3) is 0.182. The number of carbonyl (C=O) groups excluding carboxylic acids is 1. The third-order valence-corrected chi connectivity index (χ3v) is 5.64. The maximum atomic E-state index is 12.6. The van der Waals surface area contributed by atoms with Gasteiger partial charge in [0.05, 0.1) is 11.5 Å². The molecule has 0 spiro atoms. The van der Waals surface area contributed by atoms with Gasteiger partial charge in [-0.25, -0.2) is 13.4 Å². The van der Waals surface area contributed by atoms with Crippen molar-refractivity contribution in [1.82, 2.24) is 10.3 Å². The number of rotatable bonds is 10. The second kappa shape index (κ2) is 10.6. The fourth-order valence-electron chi connectivity index (χ4n) is 2.73. The zero-order chi connectivity index (χ0) is 22.1. The molecule has 162 valence electrons. The number of amides is 1. The Labute approximate surface area is 181 Å². The van der Waals surface area contributed by atoms with E-state index in [1.807, 2.05) is 0 Å². The molecule has 8 nitrogen and oxygen atoms in total. The van der Waals surface area contributed by atoms with Gasteiger partial charge in [0.15, 0.2) is 0 Å². The Balaban J connectivity index is 1.66. The maximum absolute atomic E-state index is 12.6. The lowest BCUT2D eigenvalue weighted by molar-refractivity contribution is 0.0950. The minimum atomic E-state index is -3.74. The Kier molecular flexibility index (Phi) is 7.58. The predicted molar refractivity (Wildman–Crippen MR) is 116 cm³/mol. The molecule has 2 aromatic carbocycles. The summed E-state index contributed by atoms with van der Waals surface area (Å²) >= 11 is 0. The molecule has 0 saturated carbocycles. The number of aromatic nitrogens is 1. The molecular formula is C22H23N3O5S. The number of nitrogens with zero attached hydrogens (tertiary/aromatic N) is 1. The van der Waals surface area contributed by atoms with Gasteiger partial charge in [0.25, 0.3) is 15.9 Å². The van der Waals surface area contributed by atoms with Gasteiger partial charge in [-0.1, -0.05) is 30.3 Å². The van der Waals surface area contributed by atoms with Crippen molar-refractivity contribution in [3.63, 3.8) is 0 Å². The molecular weight excluding hydrogens is 418 g/mol. The van der Waals surface area contributed by atoms with Crippen LogP contribution in [0.5, 0.6) is 5.88 Å². The van der Waals surface area contributed by atoms with E-state index in [0.29, 0.717) is 35.9 Å². The number of sulfonamides is 1. The molecule has 1 heterocycles. The van der Waals surface area contributed by atoms with Crippen LogP contribution in [0.2, 0.25) is 0 Å². The van der Waals surface area contributed by atoms with Gasteiger partial charge in [0.2, 0.25) is 5.88 Å². The van der Waals surface area contributed by atoms with Crippen LogP contribution in [0.25, 0.3) is 0 Å². The Morgan fingerprint density at radius 1 is 1.00 bits per heavy atom. The highest BCUT2D eigenvalue weighted by Gasteiger charge is 2.15. The van der Waals surface area contributed by atoms with Crippen molar-refractivity contribution in [1.29, 1.82) is 0 Å². The Morgan fingerprint density at radius 3 is 2.58 bits per heavy atom. The molecule has 1 aromatic heterocycles.